The van der Waals surface area contributed by atoms with Crippen molar-refractivity contribution in [3.63, 3.8) is 0 Å². The number of anilines is 1. The Morgan fingerprint density at radius 3 is 2.24 bits per heavy atom. The fraction of sp³-hybridized carbons (Fsp3) is 0.231. The topological polar surface area (TPSA) is 81.2 Å². The van der Waals surface area contributed by atoms with E-state index in [2.05, 4.69) is 14.7 Å². The Labute approximate surface area is 128 Å². The standard InChI is InChI=1S/C13H14ClN3O3S/c1-9(2)20-11-7-15-13(16-8-11)17-21(18,19)12-5-3-10(14)4-6-12/h3-9H,1-2H3,(H,15,16,17). The summed E-state index contributed by atoms with van der Waals surface area (Å²) in [5.41, 5.74) is 0. The summed E-state index contributed by atoms with van der Waals surface area (Å²) in [7, 11) is -3.74. The van der Waals surface area contributed by atoms with E-state index in [0.29, 0.717) is 10.8 Å². The van der Waals surface area contributed by atoms with Crippen molar-refractivity contribution < 1.29 is 13.2 Å². The van der Waals surface area contributed by atoms with Gasteiger partial charge in [-0.05, 0) is 38.1 Å². The molecule has 21 heavy (non-hydrogen) atoms. The smallest absolute Gasteiger partial charge is 0.264 e. The quantitative estimate of drug-likeness (QED) is 0.913. The number of ether oxygens (including phenoxy) is 1. The van der Waals surface area contributed by atoms with Gasteiger partial charge in [-0.3, -0.25) is 0 Å². The van der Waals surface area contributed by atoms with Crippen LogP contribution in [0.15, 0.2) is 41.6 Å². The number of sulfonamides is 1. The van der Waals surface area contributed by atoms with E-state index in [-0.39, 0.29) is 16.9 Å². The number of nitrogens with zero attached hydrogens (tertiary/aromatic N) is 2. The van der Waals surface area contributed by atoms with Gasteiger partial charge in [0.15, 0.2) is 5.75 Å². The molecule has 0 aliphatic carbocycles. The van der Waals surface area contributed by atoms with Gasteiger partial charge in [-0.25, -0.2) is 23.1 Å². The zero-order valence-corrected chi connectivity index (χ0v) is 13.0. The van der Waals surface area contributed by atoms with E-state index in [9.17, 15) is 8.42 Å². The first kappa shape index (κ1) is 15.5. The van der Waals surface area contributed by atoms with Crippen LogP contribution in [0.4, 0.5) is 5.95 Å². The summed E-state index contributed by atoms with van der Waals surface area (Å²) in [4.78, 5) is 7.90. The highest BCUT2D eigenvalue weighted by molar-refractivity contribution is 7.92. The minimum absolute atomic E-state index is 0.00907. The van der Waals surface area contributed by atoms with E-state index in [0.717, 1.165) is 0 Å². The molecule has 0 fully saturated rings. The van der Waals surface area contributed by atoms with Crippen molar-refractivity contribution in [2.45, 2.75) is 24.8 Å². The second-order valence-electron chi connectivity index (χ2n) is 4.47. The van der Waals surface area contributed by atoms with Gasteiger partial charge in [-0.2, -0.15) is 0 Å². The van der Waals surface area contributed by atoms with E-state index < -0.39 is 10.0 Å². The maximum Gasteiger partial charge on any atom is 0.264 e. The number of aromatic nitrogens is 2. The largest absolute Gasteiger partial charge is 0.488 e. The van der Waals surface area contributed by atoms with Crippen molar-refractivity contribution in [1.29, 1.82) is 0 Å². The molecule has 0 atom stereocenters. The summed E-state index contributed by atoms with van der Waals surface area (Å²) in [6.07, 6.45) is 2.81. The zero-order chi connectivity index (χ0) is 15.5. The van der Waals surface area contributed by atoms with Gasteiger partial charge < -0.3 is 4.74 Å². The molecule has 0 spiro atoms. The van der Waals surface area contributed by atoms with Gasteiger partial charge in [0.1, 0.15) is 0 Å². The predicted octanol–water partition coefficient (Wildman–Crippen LogP) is 2.72. The predicted molar refractivity (Wildman–Crippen MR) is 80.1 cm³/mol. The molecule has 1 aromatic carbocycles. The molecule has 0 aliphatic rings. The third-order valence-electron chi connectivity index (χ3n) is 2.35. The van der Waals surface area contributed by atoms with Gasteiger partial charge in [-0.15, -0.1) is 0 Å². The van der Waals surface area contributed by atoms with Gasteiger partial charge in [-0.1, -0.05) is 11.6 Å². The van der Waals surface area contributed by atoms with E-state index in [4.69, 9.17) is 16.3 Å². The number of benzene rings is 1. The van der Waals surface area contributed by atoms with Crippen LogP contribution in [0.3, 0.4) is 0 Å². The lowest BCUT2D eigenvalue weighted by atomic mass is 10.4. The first-order valence-electron chi connectivity index (χ1n) is 6.14. The lowest BCUT2D eigenvalue weighted by Crippen LogP contribution is -2.15. The lowest BCUT2D eigenvalue weighted by Gasteiger charge is -2.10. The van der Waals surface area contributed by atoms with Crippen molar-refractivity contribution in [3.8, 4) is 5.75 Å². The van der Waals surface area contributed by atoms with Crippen LogP contribution in [0.25, 0.3) is 0 Å². The molecule has 1 aromatic heterocycles. The molecule has 0 saturated heterocycles. The number of rotatable bonds is 5. The second-order valence-corrected chi connectivity index (χ2v) is 6.59. The molecule has 6 nitrogen and oxygen atoms in total. The normalized spacial score (nSPS) is 11.4. The van der Waals surface area contributed by atoms with Gasteiger partial charge in [0.2, 0.25) is 5.95 Å². The average Bonchev–Trinajstić information content (AvgIpc) is 2.40. The number of hydrogen-bond donors (Lipinski definition) is 1. The summed E-state index contributed by atoms with van der Waals surface area (Å²) in [5.74, 6) is 0.445. The van der Waals surface area contributed by atoms with Crippen LogP contribution in [0, 0.1) is 0 Å². The zero-order valence-electron chi connectivity index (χ0n) is 11.4. The Bertz CT molecular complexity index is 700. The maximum atomic E-state index is 12.1. The molecule has 2 aromatic rings. The van der Waals surface area contributed by atoms with E-state index >= 15 is 0 Å². The SMILES string of the molecule is CC(C)Oc1cnc(NS(=O)(=O)c2ccc(Cl)cc2)nc1. The average molecular weight is 328 g/mol. The highest BCUT2D eigenvalue weighted by atomic mass is 35.5. The summed E-state index contributed by atoms with van der Waals surface area (Å²) >= 11 is 5.73. The van der Waals surface area contributed by atoms with Crippen molar-refractivity contribution in [3.05, 3.63) is 41.7 Å². The lowest BCUT2D eigenvalue weighted by molar-refractivity contribution is 0.240. The summed E-state index contributed by atoms with van der Waals surface area (Å²) in [5, 5.41) is 0.459. The molecule has 0 bridgehead atoms. The third-order valence-corrected chi connectivity index (χ3v) is 3.95. The van der Waals surface area contributed by atoms with E-state index in [1.165, 1.54) is 36.7 Å². The molecule has 0 saturated carbocycles. The van der Waals surface area contributed by atoms with Crippen molar-refractivity contribution in [2.24, 2.45) is 0 Å². The highest BCUT2D eigenvalue weighted by Crippen LogP contribution is 2.17. The molecule has 1 heterocycles. The van der Waals surface area contributed by atoms with Crippen molar-refractivity contribution in [2.75, 3.05) is 4.72 Å². The molecule has 0 unspecified atom stereocenters. The number of halogens is 1. The minimum Gasteiger partial charge on any atom is -0.488 e. The second kappa shape index (κ2) is 6.28. The van der Waals surface area contributed by atoms with Crippen LogP contribution in [0.5, 0.6) is 5.75 Å². The van der Waals surface area contributed by atoms with Gasteiger partial charge in [0, 0.05) is 5.02 Å². The highest BCUT2D eigenvalue weighted by Gasteiger charge is 2.15. The molecule has 0 aliphatic heterocycles. The monoisotopic (exact) mass is 327 g/mol. The van der Waals surface area contributed by atoms with Crippen LogP contribution in [-0.2, 0) is 10.0 Å². The maximum absolute atomic E-state index is 12.1. The molecule has 1 N–H and O–H groups in total. The molecule has 2 rings (SSSR count). The van der Waals surface area contributed by atoms with Crippen LogP contribution in [0.2, 0.25) is 5.02 Å². The van der Waals surface area contributed by atoms with Gasteiger partial charge in [0.05, 0.1) is 23.4 Å². The fourth-order valence-electron chi connectivity index (χ4n) is 1.49. The molecule has 0 amide bonds. The Morgan fingerprint density at radius 2 is 1.71 bits per heavy atom. The number of hydrogen-bond acceptors (Lipinski definition) is 5. The molecule has 0 radical (unpaired) electrons. The molecular formula is C13H14ClN3O3S. The Hall–Kier alpha value is -1.86. The Kier molecular flexibility index (Phi) is 4.64. The van der Waals surface area contributed by atoms with Crippen molar-refractivity contribution in [1.82, 2.24) is 9.97 Å². The molecule has 8 heteroatoms. The van der Waals surface area contributed by atoms with Crippen LogP contribution in [0.1, 0.15) is 13.8 Å². The Balaban J connectivity index is 2.15. The summed E-state index contributed by atoms with van der Waals surface area (Å²) in [6, 6.07) is 5.80. The third kappa shape index (κ3) is 4.30. The van der Waals surface area contributed by atoms with Gasteiger partial charge >= 0.3 is 0 Å². The Morgan fingerprint density at radius 1 is 1.14 bits per heavy atom. The van der Waals surface area contributed by atoms with E-state index in [1.807, 2.05) is 13.8 Å². The van der Waals surface area contributed by atoms with Crippen molar-refractivity contribution >= 4 is 27.6 Å². The fourth-order valence-corrected chi connectivity index (χ4v) is 2.58. The van der Waals surface area contributed by atoms with E-state index in [1.54, 1.807) is 0 Å². The van der Waals surface area contributed by atoms with Gasteiger partial charge in [0.25, 0.3) is 10.0 Å². The first-order chi connectivity index (χ1) is 9.87. The summed E-state index contributed by atoms with van der Waals surface area (Å²) < 4.78 is 31.9. The molecule has 112 valence electrons. The van der Waals surface area contributed by atoms with Crippen LogP contribution < -0.4 is 9.46 Å². The van der Waals surface area contributed by atoms with Crippen LogP contribution >= 0.6 is 11.6 Å². The minimum atomic E-state index is -3.74. The summed E-state index contributed by atoms with van der Waals surface area (Å²) in [6.45, 7) is 3.74. The van der Waals surface area contributed by atoms with Crippen LogP contribution in [-0.4, -0.2) is 24.5 Å². The number of nitrogens with one attached hydrogen (secondary N) is 1. The first-order valence-corrected chi connectivity index (χ1v) is 8.00. The molecular weight excluding hydrogens is 314 g/mol.